The number of aliphatic imine (C=N–C) groups is 1. The van der Waals surface area contributed by atoms with Crippen LogP contribution in [-0.4, -0.2) is 65.0 Å². The number of aromatic amines is 1. The predicted molar refractivity (Wildman–Crippen MR) is 149 cm³/mol. The molecular weight excluding hydrogens is 496 g/mol. The summed E-state index contributed by atoms with van der Waals surface area (Å²) in [6, 6.07) is 22.0. The molecule has 0 spiro atoms. The molecule has 0 radical (unpaired) electrons. The summed E-state index contributed by atoms with van der Waals surface area (Å²) in [4.78, 5) is 34.5. The highest BCUT2D eigenvalue weighted by molar-refractivity contribution is 6.22. The van der Waals surface area contributed by atoms with Gasteiger partial charge in [0.1, 0.15) is 5.75 Å². The van der Waals surface area contributed by atoms with Crippen LogP contribution in [0.5, 0.6) is 11.6 Å². The topological polar surface area (TPSA) is 116 Å². The minimum absolute atomic E-state index is 0.00564. The zero-order valence-corrected chi connectivity index (χ0v) is 22.0. The molecule has 39 heavy (non-hydrogen) atoms. The van der Waals surface area contributed by atoms with E-state index in [0.29, 0.717) is 40.0 Å². The Hall–Kier alpha value is -4.63. The lowest BCUT2D eigenvalue weighted by Gasteiger charge is -2.37. The van der Waals surface area contributed by atoms with Gasteiger partial charge in [-0.05, 0) is 50.2 Å². The third-order valence-electron chi connectivity index (χ3n) is 6.78. The molecule has 2 atom stereocenters. The summed E-state index contributed by atoms with van der Waals surface area (Å²) in [6.45, 7) is 5.53. The van der Waals surface area contributed by atoms with Crippen LogP contribution in [0.25, 0.3) is 10.9 Å². The van der Waals surface area contributed by atoms with E-state index in [0.717, 1.165) is 12.1 Å². The van der Waals surface area contributed by atoms with E-state index >= 15 is 0 Å². The van der Waals surface area contributed by atoms with E-state index in [1.165, 1.54) is 7.11 Å². The van der Waals surface area contributed by atoms with Gasteiger partial charge in [0.25, 0.3) is 5.91 Å². The maximum absolute atomic E-state index is 13.2. The summed E-state index contributed by atoms with van der Waals surface area (Å²) < 4.78 is 9.68. The average molecular weight is 527 g/mol. The number of H-pyrrole nitrogens is 1. The van der Waals surface area contributed by atoms with Crippen LogP contribution in [0.4, 0.5) is 10.5 Å². The number of rotatable bonds is 5. The maximum Gasteiger partial charge on any atom is 0.513 e. The van der Waals surface area contributed by atoms with Crippen molar-refractivity contribution in [3.8, 4) is 11.6 Å². The third-order valence-corrected chi connectivity index (χ3v) is 6.78. The number of amides is 1. The monoisotopic (exact) mass is 526 g/mol. The number of piperazine rings is 1. The molecule has 2 heterocycles. The van der Waals surface area contributed by atoms with Crippen molar-refractivity contribution in [2.45, 2.75) is 25.9 Å². The summed E-state index contributed by atoms with van der Waals surface area (Å²) >= 11 is 0. The second-order valence-electron chi connectivity index (χ2n) is 9.60. The molecule has 1 amide bonds. The van der Waals surface area contributed by atoms with Gasteiger partial charge in [-0.1, -0.05) is 30.3 Å². The first-order valence-electron chi connectivity index (χ1n) is 12.7. The van der Waals surface area contributed by atoms with Crippen LogP contribution < -0.4 is 10.1 Å². The van der Waals surface area contributed by atoms with E-state index in [1.54, 1.807) is 42.5 Å². The Balaban J connectivity index is 1.51. The zero-order valence-electron chi connectivity index (χ0n) is 22.0. The number of nitrogens with one attached hydrogen (secondary N) is 2. The smallest absolute Gasteiger partial charge is 0.494 e. The molecule has 5 rings (SSSR count). The van der Waals surface area contributed by atoms with Crippen molar-refractivity contribution in [1.82, 2.24) is 15.2 Å². The Kier molecular flexibility index (Phi) is 7.33. The second-order valence-corrected chi connectivity index (χ2v) is 9.60. The standard InChI is InChI=1S/C30H30N4O5/c1-18-17-34(19(2)16-31-18)29(36)21-9-11-22(12-10-21)32-27(20-7-5-4-6-8-20)26-24-14-13-23(39-30(37)38-3)15-25(24)33-28(26)35/h4-15,18-19,31,33,35H,16-17H2,1-3H3/t18-,19+/m0/s1. The molecule has 1 aromatic heterocycles. The van der Waals surface area contributed by atoms with Crippen LogP contribution >= 0.6 is 0 Å². The molecule has 9 heteroatoms. The molecule has 4 aromatic rings. The molecule has 0 bridgehead atoms. The number of fused-ring (bicyclic) bond motifs is 1. The fraction of sp³-hybridized carbons (Fsp3) is 0.233. The molecule has 0 saturated carbocycles. The van der Waals surface area contributed by atoms with Gasteiger partial charge in [-0.2, -0.15) is 0 Å². The molecule has 0 aliphatic carbocycles. The number of hydrogen-bond acceptors (Lipinski definition) is 7. The van der Waals surface area contributed by atoms with Gasteiger partial charge in [0.2, 0.25) is 0 Å². The van der Waals surface area contributed by atoms with Crippen molar-refractivity contribution in [3.05, 3.63) is 89.5 Å². The number of carbonyl (C=O) groups excluding carboxylic acids is 2. The van der Waals surface area contributed by atoms with Crippen molar-refractivity contribution in [2.75, 3.05) is 20.2 Å². The Morgan fingerprint density at radius 2 is 1.74 bits per heavy atom. The molecule has 3 N–H and O–H groups in total. The van der Waals surface area contributed by atoms with E-state index < -0.39 is 6.16 Å². The number of hydrogen-bond donors (Lipinski definition) is 3. The third kappa shape index (κ3) is 5.49. The van der Waals surface area contributed by atoms with Crippen LogP contribution in [0.2, 0.25) is 0 Å². The van der Waals surface area contributed by atoms with E-state index in [-0.39, 0.29) is 29.6 Å². The van der Waals surface area contributed by atoms with Crippen LogP contribution in [0.1, 0.15) is 35.3 Å². The van der Waals surface area contributed by atoms with Crippen molar-refractivity contribution in [2.24, 2.45) is 4.99 Å². The summed E-state index contributed by atoms with van der Waals surface area (Å²) in [5.41, 5.74) is 3.64. The zero-order chi connectivity index (χ0) is 27.5. The number of methoxy groups -OCH3 is 1. The number of benzene rings is 3. The quantitative estimate of drug-likeness (QED) is 0.191. The lowest BCUT2D eigenvalue weighted by molar-refractivity contribution is 0.0616. The van der Waals surface area contributed by atoms with Crippen LogP contribution in [0.3, 0.4) is 0 Å². The molecule has 9 nitrogen and oxygen atoms in total. The highest BCUT2D eigenvalue weighted by atomic mass is 16.7. The van der Waals surface area contributed by atoms with E-state index in [4.69, 9.17) is 9.73 Å². The van der Waals surface area contributed by atoms with Gasteiger partial charge in [0.05, 0.1) is 29.6 Å². The molecule has 1 fully saturated rings. The Morgan fingerprint density at radius 1 is 1.00 bits per heavy atom. The number of aromatic hydroxyl groups is 1. The maximum atomic E-state index is 13.2. The average Bonchev–Trinajstić information content (AvgIpc) is 3.28. The Bertz CT molecular complexity index is 1530. The highest BCUT2D eigenvalue weighted by Crippen LogP contribution is 2.33. The van der Waals surface area contributed by atoms with Gasteiger partial charge >= 0.3 is 6.16 Å². The molecule has 3 aromatic carbocycles. The molecule has 0 unspecified atom stereocenters. The molecule has 1 aliphatic rings. The van der Waals surface area contributed by atoms with E-state index in [1.807, 2.05) is 42.2 Å². The second kappa shape index (κ2) is 11.0. The molecule has 200 valence electrons. The van der Waals surface area contributed by atoms with E-state index in [9.17, 15) is 14.7 Å². The normalized spacial score (nSPS) is 17.7. The number of carbonyl (C=O) groups is 2. The predicted octanol–water partition coefficient (Wildman–Crippen LogP) is 5.01. The summed E-state index contributed by atoms with van der Waals surface area (Å²) in [5.74, 6) is 0.194. The largest absolute Gasteiger partial charge is 0.513 e. The van der Waals surface area contributed by atoms with E-state index in [2.05, 4.69) is 22.0 Å². The number of ether oxygens (including phenoxy) is 2. The lowest BCUT2D eigenvalue weighted by Crippen LogP contribution is -2.56. The van der Waals surface area contributed by atoms with Gasteiger partial charge in [-0.15, -0.1) is 0 Å². The first-order chi connectivity index (χ1) is 18.8. The van der Waals surface area contributed by atoms with Crippen LogP contribution in [0, 0.1) is 0 Å². The molecular formula is C30H30N4O5. The lowest BCUT2D eigenvalue weighted by atomic mass is 10.0. The van der Waals surface area contributed by atoms with Crippen molar-refractivity contribution in [3.63, 3.8) is 0 Å². The minimum atomic E-state index is -0.834. The van der Waals surface area contributed by atoms with Gasteiger partial charge in [0.15, 0.2) is 5.88 Å². The van der Waals surface area contributed by atoms with Gasteiger partial charge < -0.3 is 29.8 Å². The van der Waals surface area contributed by atoms with Gasteiger partial charge in [-0.3, -0.25) is 4.79 Å². The highest BCUT2D eigenvalue weighted by Gasteiger charge is 2.27. The Labute approximate surface area is 226 Å². The number of nitrogens with zero attached hydrogens (tertiary/aromatic N) is 2. The van der Waals surface area contributed by atoms with Crippen molar-refractivity contribution < 1.29 is 24.2 Å². The fourth-order valence-electron chi connectivity index (χ4n) is 4.74. The first kappa shape index (κ1) is 26.0. The summed E-state index contributed by atoms with van der Waals surface area (Å²) in [6.07, 6.45) is -0.834. The summed E-state index contributed by atoms with van der Waals surface area (Å²) in [5, 5.41) is 15.0. The van der Waals surface area contributed by atoms with Crippen LogP contribution in [-0.2, 0) is 4.74 Å². The van der Waals surface area contributed by atoms with Crippen molar-refractivity contribution in [1.29, 1.82) is 0 Å². The first-order valence-corrected chi connectivity index (χ1v) is 12.7. The SMILES string of the molecule is COC(=O)Oc1ccc2c(C(=Nc3ccc(C(=O)N4C[C@H](C)NC[C@H]4C)cc3)c3ccccc3)c(O)[nH]c2c1. The van der Waals surface area contributed by atoms with Crippen molar-refractivity contribution >= 4 is 34.4 Å². The Morgan fingerprint density at radius 3 is 2.46 bits per heavy atom. The molecule has 1 saturated heterocycles. The fourth-order valence-corrected chi connectivity index (χ4v) is 4.74. The number of aromatic nitrogens is 1. The minimum Gasteiger partial charge on any atom is -0.494 e. The van der Waals surface area contributed by atoms with Gasteiger partial charge in [-0.25, -0.2) is 9.79 Å². The summed E-state index contributed by atoms with van der Waals surface area (Å²) in [7, 11) is 1.23. The van der Waals surface area contributed by atoms with Crippen LogP contribution in [0.15, 0.2) is 77.8 Å². The van der Waals surface area contributed by atoms with Gasteiger partial charge in [0, 0.05) is 47.8 Å². The molecule has 1 aliphatic heterocycles.